The van der Waals surface area contributed by atoms with Crippen molar-refractivity contribution in [2.45, 2.75) is 46.1 Å². The van der Waals surface area contributed by atoms with Crippen LogP contribution in [0.4, 0.5) is 0 Å². The number of hydrogen-bond donors (Lipinski definition) is 0. The minimum atomic E-state index is -0.255. The van der Waals surface area contributed by atoms with Crippen molar-refractivity contribution in [1.82, 2.24) is 0 Å². The van der Waals surface area contributed by atoms with Crippen molar-refractivity contribution in [3.63, 3.8) is 0 Å². The van der Waals surface area contributed by atoms with E-state index < -0.39 is 0 Å². The lowest BCUT2D eigenvalue weighted by Gasteiger charge is -2.01. The van der Waals surface area contributed by atoms with Crippen LogP contribution in [-0.2, 0) is 16.1 Å². The summed E-state index contributed by atoms with van der Waals surface area (Å²) in [4.78, 5) is 10.7. The number of carbonyl (C=O) groups is 1. The van der Waals surface area contributed by atoms with Crippen molar-refractivity contribution in [3.8, 4) is 11.8 Å². The largest absolute Gasteiger partial charge is 0.461 e. The highest BCUT2D eigenvalue weighted by atomic mass is 16.5. The number of rotatable bonds is 5. The Morgan fingerprint density at radius 3 is 2.56 bits per heavy atom. The first-order chi connectivity index (χ1) is 8.72. The summed E-state index contributed by atoms with van der Waals surface area (Å²) in [6, 6.07) is 7.81. The standard InChI is InChI=1S/C16H20O2/c1-3-4-5-6-7-8-15-9-11-16(12-10-15)13-18-14(2)17/h9-12H,3-6,13H2,1-2H3. The van der Waals surface area contributed by atoms with Crippen LogP contribution in [-0.4, -0.2) is 5.97 Å². The van der Waals surface area contributed by atoms with E-state index in [0.29, 0.717) is 6.61 Å². The second kappa shape index (κ2) is 8.36. The van der Waals surface area contributed by atoms with Crippen molar-refractivity contribution in [3.05, 3.63) is 35.4 Å². The molecule has 0 bridgehead atoms. The quantitative estimate of drug-likeness (QED) is 0.448. The third kappa shape index (κ3) is 6.10. The van der Waals surface area contributed by atoms with Crippen molar-refractivity contribution in [2.24, 2.45) is 0 Å². The Hall–Kier alpha value is -1.75. The highest BCUT2D eigenvalue weighted by molar-refractivity contribution is 5.65. The monoisotopic (exact) mass is 244 g/mol. The lowest BCUT2D eigenvalue weighted by molar-refractivity contribution is -0.142. The molecule has 0 amide bonds. The Morgan fingerprint density at radius 2 is 1.94 bits per heavy atom. The fourth-order valence-corrected chi connectivity index (χ4v) is 1.50. The van der Waals surface area contributed by atoms with Crippen molar-refractivity contribution >= 4 is 5.97 Å². The fourth-order valence-electron chi connectivity index (χ4n) is 1.50. The maximum Gasteiger partial charge on any atom is 0.302 e. The zero-order chi connectivity index (χ0) is 13.2. The van der Waals surface area contributed by atoms with Crippen LogP contribution in [0.2, 0.25) is 0 Å². The first-order valence-corrected chi connectivity index (χ1v) is 6.43. The normalized spacial score (nSPS) is 9.44. The average molecular weight is 244 g/mol. The molecular weight excluding hydrogens is 224 g/mol. The second-order valence-corrected chi connectivity index (χ2v) is 4.24. The van der Waals surface area contributed by atoms with E-state index in [1.807, 2.05) is 24.3 Å². The minimum Gasteiger partial charge on any atom is -0.461 e. The number of hydrogen-bond acceptors (Lipinski definition) is 2. The van der Waals surface area contributed by atoms with E-state index in [2.05, 4.69) is 18.8 Å². The van der Waals surface area contributed by atoms with Crippen LogP contribution in [0.5, 0.6) is 0 Å². The van der Waals surface area contributed by atoms with E-state index in [1.165, 1.54) is 26.2 Å². The molecule has 0 aliphatic carbocycles. The van der Waals surface area contributed by atoms with Gasteiger partial charge in [-0.15, -0.1) is 0 Å². The molecule has 0 unspecified atom stereocenters. The van der Waals surface area contributed by atoms with Crippen LogP contribution in [0.1, 0.15) is 50.7 Å². The molecule has 18 heavy (non-hydrogen) atoms. The van der Waals surface area contributed by atoms with Crippen LogP contribution >= 0.6 is 0 Å². The molecule has 0 spiro atoms. The molecule has 0 atom stereocenters. The van der Waals surface area contributed by atoms with Gasteiger partial charge in [-0.05, 0) is 24.1 Å². The zero-order valence-electron chi connectivity index (χ0n) is 11.2. The molecular formula is C16H20O2. The Morgan fingerprint density at radius 1 is 1.22 bits per heavy atom. The van der Waals surface area contributed by atoms with E-state index in [1.54, 1.807) is 0 Å². The molecule has 0 heterocycles. The molecule has 1 aromatic rings. The molecule has 1 rings (SSSR count). The molecule has 1 aromatic carbocycles. The number of esters is 1. The van der Waals surface area contributed by atoms with Gasteiger partial charge < -0.3 is 4.74 Å². The highest BCUT2D eigenvalue weighted by Crippen LogP contribution is 2.05. The van der Waals surface area contributed by atoms with Gasteiger partial charge >= 0.3 is 5.97 Å². The predicted molar refractivity (Wildman–Crippen MR) is 72.9 cm³/mol. The maximum absolute atomic E-state index is 10.7. The third-order valence-electron chi connectivity index (χ3n) is 2.53. The third-order valence-corrected chi connectivity index (χ3v) is 2.53. The van der Waals surface area contributed by atoms with E-state index in [9.17, 15) is 4.79 Å². The Kier molecular flexibility index (Phi) is 6.64. The molecule has 2 heteroatoms. The van der Waals surface area contributed by atoms with Crippen LogP contribution in [0.25, 0.3) is 0 Å². The van der Waals surface area contributed by atoms with E-state index in [4.69, 9.17) is 4.74 Å². The fraction of sp³-hybridized carbons (Fsp3) is 0.438. The zero-order valence-corrected chi connectivity index (χ0v) is 11.2. The molecule has 96 valence electrons. The number of benzene rings is 1. The summed E-state index contributed by atoms with van der Waals surface area (Å²) in [6.45, 7) is 3.94. The van der Waals surface area contributed by atoms with Gasteiger partial charge in [0.2, 0.25) is 0 Å². The maximum atomic E-state index is 10.7. The molecule has 0 aliphatic rings. The summed E-state index contributed by atoms with van der Waals surface area (Å²) in [6.07, 6.45) is 4.61. The first-order valence-electron chi connectivity index (χ1n) is 6.43. The van der Waals surface area contributed by atoms with Gasteiger partial charge in [0.05, 0.1) is 0 Å². The molecule has 0 aliphatic heterocycles. The highest BCUT2D eigenvalue weighted by Gasteiger charge is 1.95. The van der Waals surface area contributed by atoms with Gasteiger partial charge in [0, 0.05) is 18.9 Å². The van der Waals surface area contributed by atoms with Crippen LogP contribution in [0, 0.1) is 11.8 Å². The van der Waals surface area contributed by atoms with Gasteiger partial charge in [0.1, 0.15) is 6.61 Å². The van der Waals surface area contributed by atoms with Crippen molar-refractivity contribution < 1.29 is 9.53 Å². The van der Waals surface area contributed by atoms with E-state index in [-0.39, 0.29) is 5.97 Å². The predicted octanol–water partition coefficient (Wildman–Crippen LogP) is 3.68. The van der Waals surface area contributed by atoms with Gasteiger partial charge in [0.15, 0.2) is 0 Å². The van der Waals surface area contributed by atoms with Gasteiger partial charge in [-0.2, -0.15) is 0 Å². The molecule has 0 saturated heterocycles. The summed E-state index contributed by atoms with van der Waals surface area (Å²) in [7, 11) is 0. The van der Waals surface area contributed by atoms with Crippen LogP contribution in [0.3, 0.4) is 0 Å². The molecule has 0 fully saturated rings. The summed E-state index contributed by atoms with van der Waals surface area (Å²) >= 11 is 0. The van der Waals surface area contributed by atoms with Gasteiger partial charge in [-0.1, -0.05) is 43.7 Å². The van der Waals surface area contributed by atoms with Crippen molar-refractivity contribution in [1.29, 1.82) is 0 Å². The second-order valence-electron chi connectivity index (χ2n) is 4.24. The lowest BCUT2D eigenvalue weighted by Crippen LogP contribution is -1.98. The Labute approximate surface area is 109 Å². The molecule has 2 nitrogen and oxygen atoms in total. The van der Waals surface area contributed by atoms with Gasteiger partial charge in [0.25, 0.3) is 0 Å². The van der Waals surface area contributed by atoms with E-state index >= 15 is 0 Å². The number of carbonyl (C=O) groups excluding carboxylic acids is 1. The van der Waals surface area contributed by atoms with Gasteiger partial charge in [-0.25, -0.2) is 0 Å². The molecule has 0 saturated carbocycles. The summed E-state index contributed by atoms with van der Waals surface area (Å²) < 4.78 is 4.92. The summed E-state index contributed by atoms with van der Waals surface area (Å²) in [5.41, 5.74) is 2.00. The SMILES string of the molecule is CCCCCC#Cc1ccc(COC(C)=O)cc1. The van der Waals surface area contributed by atoms with Crippen molar-refractivity contribution in [2.75, 3.05) is 0 Å². The summed E-state index contributed by atoms with van der Waals surface area (Å²) in [5.74, 6) is 6.05. The Bertz CT molecular complexity index is 421. The minimum absolute atomic E-state index is 0.255. The van der Waals surface area contributed by atoms with Crippen LogP contribution in [0.15, 0.2) is 24.3 Å². The molecule has 0 aromatic heterocycles. The first kappa shape index (κ1) is 14.3. The van der Waals surface area contributed by atoms with E-state index in [0.717, 1.165) is 17.5 Å². The Balaban J connectivity index is 2.42. The average Bonchev–Trinajstić information content (AvgIpc) is 2.37. The smallest absolute Gasteiger partial charge is 0.302 e. The molecule has 0 radical (unpaired) electrons. The molecule has 0 N–H and O–H groups in total. The van der Waals surface area contributed by atoms with Gasteiger partial charge in [-0.3, -0.25) is 4.79 Å². The summed E-state index contributed by atoms with van der Waals surface area (Å²) in [5, 5.41) is 0. The lowest BCUT2D eigenvalue weighted by atomic mass is 10.1. The number of ether oxygens (including phenoxy) is 1. The number of unbranched alkanes of at least 4 members (excludes halogenated alkanes) is 3. The van der Waals surface area contributed by atoms with Crippen LogP contribution < -0.4 is 0 Å². The topological polar surface area (TPSA) is 26.3 Å².